The smallest absolute Gasteiger partial charge is 0.0640 e. The van der Waals surface area contributed by atoms with Crippen LogP contribution in [0.2, 0.25) is 5.02 Å². The Bertz CT molecular complexity index is 782. The summed E-state index contributed by atoms with van der Waals surface area (Å²) in [7, 11) is 0. The van der Waals surface area contributed by atoms with Crippen LogP contribution in [0, 0.1) is 11.3 Å². The number of aromatic nitrogens is 1. The average molecular weight is 281 g/mol. The number of aryl methyl sites for hydroxylation is 1. The third-order valence-electron chi connectivity index (χ3n) is 3.38. The van der Waals surface area contributed by atoms with E-state index in [1.165, 1.54) is 0 Å². The molecule has 0 fully saturated rings. The van der Waals surface area contributed by atoms with Crippen molar-refractivity contribution in [2.45, 2.75) is 13.0 Å². The Balaban J connectivity index is 2.22. The summed E-state index contributed by atoms with van der Waals surface area (Å²) in [6.07, 6.45) is 0.492. The van der Waals surface area contributed by atoms with Crippen molar-refractivity contribution in [3.63, 3.8) is 0 Å². The second kappa shape index (κ2) is 5.40. The van der Waals surface area contributed by atoms with Crippen molar-refractivity contribution in [3.05, 3.63) is 59.6 Å². The molecule has 0 unspecified atom stereocenters. The second-order valence-electron chi connectivity index (χ2n) is 4.66. The molecule has 3 rings (SSSR count). The third kappa shape index (κ3) is 2.29. The summed E-state index contributed by atoms with van der Waals surface area (Å²) in [6.45, 7) is 0.686. The number of hydrogen-bond donors (Lipinski definition) is 0. The molecule has 98 valence electrons. The Morgan fingerprint density at radius 1 is 1.05 bits per heavy atom. The van der Waals surface area contributed by atoms with Crippen molar-refractivity contribution < 1.29 is 0 Å². The van der Waals surface area contributed by atoms with Crippen LogP contribution in [0.25, 0.3) is 22.2 Å². The first-order chi connectivity index (χ1) is 9.79. The molecule has 0 aliphatic heterocycles. The highest BCUT2D eigenvalue weighted by atomic mass is 35.5. The van der Waals surface area contributed by atoms with Gasteiger partial charge in [0.2, 0.25) is 0 Å². The normalized spacial score (nSPS) is 10.6. The molecule has 0 atom stereocenters. The van der Waals surface area contributed by atoms with Crippen LogP contribution in [0.15, 0.2) is 54.6 Å². The van der Waals surface area contributed by atoms with Gasteiger partial charge in [0.15, 0.2) is 0 Å². The van der Waals surface area contributed by atoms with Gasteiger partial charge in [0.1, 0.15) is 0 Å². The van der Waals surface area contributed by atoms with Crippen LogP contribution in [-0.2, 0) is 6.54 Å². The summed E-state index contributed by atoms with van der Waals surface area (Å²) in [6, 6.07) is 20.4. The van der Waals surface area contributed by atoms with E-state index in [-0.39, 0.29) is 0 Å². The van der Waals surface area contributed by atoms with Crippen molar-refractivity contribution in [2.75, 3.05) is 0 Å². The lowest BCUT2D eigenvalue weighted by Gasteiger charge is -2.09. The van der Waals surface area contributed by atoms with Crippen molar-refractivity contribution in [2.24, 2.45) is 0 Å². The molecule has 0 bridgehead atoms. The maximum atomic E-state index is 8.86. The van der Waals surface area contributed by atoms with Crippen molar-refractivity contribution >= 4 is 22.5 Å². The van der Waals surface area contributed by atoms with E-state index in [0.29, 0.717) is 13.0 Å². The molecule has 0 aliphatic carbocycles. The maximum Gasteiger partial charge on any atom is 0.0640 e. The van der Waals surface area contributed by atoms with Gasteiger partial charge < -0.3 is 4.57 Å². The van der Waals surface area contributed by atoms with Crippen LogP contribution < -0.4 is 0 Å². The summed E-state index contributed by atoms with van der Waals surface area (Å²) in [5, 5.41) is 10.7. The number of nitriles is 1. The molecule has 0 radical (unpaired) electrons. The number of fused-ring (bicyclic) bond motifs is 1. The second-order valence-corrected chi connectivity index (χ2v) is 5.09. The molecule has 0 N–H and O–H groups in total. The van der Waals surface area contributed by atoms with Crippen molar-refractivity contribution in [1.29, 1.82) is 5.26 Å². The molecule has 1 aromatic heterocycles. The Labute approximate surface area is 122 Å². The summed E-state index contributed by atoms with van der Waals surface area (Å²) in [4.78, 5) is 0. The maximum absolute atomic E-state index is 8.86. The van der Waals surface area contributed by atoms with E-state index < -0.39 is 0 Å². The van der Waals surface area contributed by atoms with Gasteiger partial charge in [-0.15, -0.1) is 0 Å². The topological polar surface area (TPSA) is 28.7 Å². The Hall–Kier alpha value is -2.24. The molecule has 0 saturated carbocycles. The zero-order chi connectivity index (χ0) is 13.9. The fourth-order valence-electron chi connectivity index (χ4n) is 2.49. The molecule has 0 amide bonds. The predicted molar refractivity (Wildman–Crippen MR) is 82.6 cm³/mol. The zero-order valence-electron chi connectivity index (χ0n) is 10.9. The van der Waals surface area contributed by atoms with Gasteiger partial charge >= 0.3 is 0 Å². The van der Waals surface area contributed by atoms with E-state index in [2.05, 4.69) is 28.8 Å². The minimum absolute atomic E-state index is 0.492. The van der Waals surface area contributed by atoms with Crippen LogP contribution in [0.3, 0.4) is 0 Å². The monoisotopic (exact) mass is 280 g/mol. The molecule has 1 heterocycles. The molecular weight excluding hydrogens is 268 g/mol. The van der Waals surface area contributed by atoms with Gasteiger partial charge in [-0.05, 0) is 29.8 Å². The lowest BCUT2D eigenvalue weighted by molar-refractivity contribution is 0.751. The highest BCUT2D eigenvalue weighted by molar-refractivity contribution is 6.31. The number of hydrogen-bond acceptors (Lipinski definition) is 1. The SMILES string of the molecule is N#CCCn1c(-c2ccccc2)cc2cc(Cl)ccc21. The van der Waals surface area contributed by atoms with E-state index in [4.69, 9.17) is 16.9 Å². The lowest BCUT2D eigenvalue weighted by atomic mass is 10.1. The third-order valence-corrected chi connectivity index (χ3v) is 3.62. The van der Waals surface area contributed by atoms with Gasteiger partial charge in [0, 0.05) is 28.2 Å². The average Bonchev–Trinajstić information content (AvgIpc) is 2.83. The highest BCUT2D eigenvalue weighted by Gasteiger charge is 2.10. The van der Waals surface area contributed by atoms with Crippen LogP contribution in [0.1, 0.15) is 6.42 Å². The number of benzene rings is 2. The van der Waals surface area contributed by atoms with Gasteiger partial charge in [0.05, 0.1) is 12.5 Å². The first kappa shape index (κ1) is 12.8. The lowest BCUT2D eigenvalue weighted by Crippen LogP contribution is -1.99. The molecule has 3 heteroatoms. The van der Waals surface area contributed by atoms with Crippen LogP contribution in [0.4, 0.5) is 0 Å². The van der Waals surface area contributed by atoms with Gasteiger partial charge in [-0.2, -0.15) is 5.26 Å². The molecule has 0 aliphatic rings. The number of halogens is 1. The van der Waals surface area contributed by atoms with E-state index in [1.807, 2.05) is 36.4 Å². The van der Waals surface area contributed by atoms with E-state index >= 15 is 0 Å². The first-order valence-corrected chi connectivity index (χ1v) is 6.88. The fourth-order valence-corrected chi connectivity index (χ4v) is 2.67. The van der Waals surface area contributed by atoms with Crippen LogP contribution in [0.5, 0.6) is 0 Å². The molecule has 0 spiro atoms. The standard InChI is InChI=1S/C17H13ClN2/c18-15-7-8-16-14(11-15)12-17(20(16)10-4-9-19)13-5-2-1-3-6-13/h1-3,5-8,11-12H,4,10H2. The molecule has 0 saturated heterocycles. The van der Waals surface area contributed by atoms with E-state index in [9.17, 15) is 0 Å². The molecular formula is C17H13ClN2. The number of rotatable bonds is 3. The molecule has 2 nitrogen and oxygen atoms in total. The van der Waals surface area contributed by atoms with Gasteiger partial charge in [-0.25, -0.2) is 0 Å². The minimum Gasteiger partial charge on any atom is -0.339 e. The van der Waals surface area contributed by atoms with E-state index in [0.717, 1.165) is 27.2 Å². The fraction of sp³-hybridized carbons (Fsp3) is 0.118. The van der Waals surface area contributed by atoms with Crippen LogP contribution in [-0.4, -0.2) is 4.57 Å². The van der Waals surface area contributed by atoms with Gasteiger partial charge in [-0.1, -0.05) is 41.9 Å². The van der Waals surface area contributed by atoms with Crippen molar-refractivity contribution in [1.82, 2.24) is 4.57 Å². The zero-order valence-corrected chi connectivity index (χ0v) is 11.6. The first-order valence-electron chi connectivity index (χ1n) is 6.51. The van der Waals surface area contributed by atoms with Gasteiger partial charge in [0.25, 0.3) is 0 Å². The molecule has 2 aromatic carbocycles. The molecule has 20 heavy (non-hydrogen) atoms. The summed E-state index contributed by atoms with van der Waals surface area (Å²) in [5.74, 6) is 0. The summed E-state index contributed by atoms with van der Waals surface area (Å²) >= 11 is 6.07. The summed E-state index contributed by atoms with van der Waals surface area (Å²) < 4.78 is 2.18. The summed E-state index contributed by atoms with van der Waals surface area (Å²) in [5.41, 5.74) is 3.39. The largest absolute Gasteiger partial charge is 0.339 e. The Kier molecular flexibility index (Phi) is 3.45. The van der Waals surface area contributed by atoms with Crippen molar-refractivity contribution in [3.8, 4) is 17.3 Å². The quantitative estimate of drug-likeness (QED) is 0.672. The Morgan fingerprint density at radius 2 is 1.85 bits per heavy atom. The minimum atomic E-state index is 0.492. The van der Waals surface area contributed by atoms with Crippen LogP contribution >= 0.6 is 11.6 Å². The number of nitrogens with zero attached hydrogens (tertiary/aromatic N) is 2. The predicted octanol–water partition coefficient (Wildman–Crippen LogP) is 4.88. The van der Waals surface area contributed by atoms with Gasteiger partial charge in [-0.3, -0.25) is 0 Å². The van der Waals surface area contributed by atoms with E-state index in [1.54, 1.807) is 0 Å². The Morgan fingerprint density at radius 3 is 2.60 bits per heavy atom. The molecule has 3 aromatic rings. The highest BCUT2D eigenvalue weighted by Crippen LogP contribution is 2.30.